The number of halogens is 3. The molecule has 0 aliphatic carbocycles. The average molecular weight is 283 g/mol. The fraction of sp³-hybridized carbons (Fsp3) is 0.727. The van der Waals surface area contributed by atoms with Gasteiger partial charge in [-0.3, -0.25) is 0 Å². The maximum absolute atomic E-state index is 12.9. The van der Waals surface area contributed by atoms with Crippen LogP contribution >= 0.6 is 11.8 Å². The molecule has 0 saturated heterocycles. The minimum Gasteiger partial charge on any atom is -0.353 e. The van der Waals surface area contributed by atoms with Crippen LogP contribution in [0.2, 0.25) is 0 Å². The molecule has 0 atom stereocenters. The minimum absolute atomic E-state index is 0.247. The van der Waals surface area contributed by atoms with Crippen LogP contribution in [0.4, 0.5) is 13.2 Å². The fourth-order valence-electron chi connectivity index (χ4n) is 1.28. The third-order valence-corrected chi connectivity index (χ3v) is 2.74. The summed E-state index contributed by atoms with van der Waals surface area (Å²) >= 11 is 0.770. The second-order valence-corrected chi connectivity index (χ2v) is 3.98. The number of hydrogen-bond acceptors (Lipinski definition) is 4. The van der Waals surface area contributed by atoms with Gasteiger partial charge in [-0.1, -0.05) is 0 Å². The Hall–Kier alpha value is -0.710. The van der Waals surface area contributed by atoms with E-state index in [2.05, 4.69) is 0 Å². The monoisotopic (exact) mass is 283 g/mol. The molecule has 104 valence electrons. The quantitative estimate of drug-likeness (QED) is 0.530. The second kappa shape index (κ2) is 8.40. The molecule has 7 heteroatoms. The summed E-state index contributed by atoms with van der Waals surface area (Å²) in [6, 6.07) is 1.56. The third kappa shape index (κ3) is 5.76. The molecular weight excluding hydrogens is 267 g/mol. The van der Waals surface area contributed by atoms with Crippen molar-refractivity contribution in [2.45, 2.75) is 32.7 Å². The van der Waals surface area contributed by atoms with Gasteiger partial charge in [-0.25, -0.2) is 0 Å². The summed E-state index contributed by atoms with van der Waals surface area (Å²) in [6.45, 7) is 3.83. The minimum atomic E-state index is -4.56. The Morgan fingerprint density at radius 3 is 2.06 bits per heavy atom. The van der Waals surface area contributed by atoms with Gasteiger partial charge in [-0.05, 0) is 20.1 Å². The van der Waals surface area contributed by atoms with Gasteiger partial charge in [0, 0.05) is 19.6 Å². The van der Waals surface area contributed by atoms with Gasteiger partial charge in [0.2, 0.25) is 0 Å². The van der Waals surface area contributed by atoms with Crippen molar-refractivity contribution in [2.75, 3.05) is 19.5 Å². The molecule has 0 fully saturated rings. The Kier molecular flexibility index (Phi) is 8.07. The van der Waals surface area contributed by atoms with Gasteiger partial charge in [0.1, 0.15) is 6.07 Å². The van der Waals surface area contributed by atoms with Gasteiger partial charge in [0.15, 0.2) is 6.29 Å². The van der Waals surface area contributed by atoms with E-state index in [1.165, 1.54) is 6.26 Å². The van der Waals surface area contributed by atoms with Gasteiger partial charge >= 0.3 is 6.18 Å². The number of thioether (sulfide) groups is 1. The molecule has 3 nitrogen and oxygen atoms in total. The number of rotatable bonds is 7. The van der Waals surface area contributed by atoms with Gasteiger partial charge in [0.25, 0.3) is 0 Å². The van der Waals surface area contributed by atoms with Gasteiger partial charge < -0.3 is 9.47 Å². The van der Waals surface area contributed by atoms with Crippen LogP contribution in [0.3, 0.4) is 0 Å². The first kappa shape index (κ1) is 17.3. The number of alkyl halides is 3. The number of nitrogens with zero attached hydrogens (tertiary/aromatic N) is 1. The van der Waals surface area contributed by atoms with Crippen LogP contribution in [0.1, 0.15) is 20.3 Å². The predicted octanol–water partition coefficient (Wildman–Crippen LogP) is 3.48. The van der Waals surface area contributed by atoms with E-state index in [-0.39, 0.29) is 18.1 Å². The highest BCUT2D eigenvalue weighted by Crippen LogP contribution is 2.35. The van der Waals surface area contributed by atoms with Gasteiger partial charge in [-0.15, -0.1) is 11.8 Å². The molecule has 0 aromatic carbocycles. The van der Waals surface area contributed by atoms with Crippen LogP contribution in [0.5, 0.6) is 0 Å². The molecule has 0 aromatic rings. The lowest BCUT2D eigenvalue weighted by molar-refractivity contribution is -0.150. The lowest BCUT2D eigenvalue weighted by atomic mass is 10.1. The molecule has 0 aromatic heterocycles. The molecule has 0 radical (unpaired) electrons. The van der Waals surface area contributed by atoms with Gasteiger partial charge in [-0.2, -0.15) is 18.4 Å². The van der Waals surface area contributed by atoms with E-state index in [4.69, 9.17) is 14.7 Å². The zero-order valence-corrected chi connectivity index (χ0v) is 11.3. The molecule has 0 saturated carbocycles. The number of allylic oxidation sites excluding steroid dienone is 1. The summed E-state index contributed by atoms with van der Waals surface area (Å²) in [5.41, 5.74) is -0.899. The lowest BCUT2D eigenvalue weighted by Crippen LogP contribution is -2.24. The van der Waals surface area contributed by atoms with Crippen LogP contribution in [0, 0.1) is 11.3 Å². The summed E-state index contributed by atoms with van der Waals surface area (Å²) in [6.07, 6.45) is -4.58. The van der Waals surface area contributed by atoms with Crippen molar-refractivity contribution in [2.24, 2.45) is 0 Å². The highest BCUT2D eigenvalue weighted by molar-refractivity contribution is 8.02. The average Bonchev–Trinajstić information content (AvgIpc) is 2.28. The van der Waals surface area contributed by atoms with E-state index in [1.54, 1.807) is 19.9 Å². The molecule has 0 heterocycles. The van der Waals surface area contributed by atoms with Crippen molar-refractivity contribution in [3.05, 3.63) is 10.5 Å². The summed E-state index contributed by atoms with van der Waals surface area (Å²) in [5, 5.41) is 8.72. The maximum atomic E-state index is 12.9. The normalized spacial score (nSPS) is 13.4. The van der Waals surface area contributed by atoms with Crippen molar-refractivity contribution in [3.8, 4) is 6.07 Å². The molecule has 0 unspecified atom stereocenters. The van der Waals surface area contributed by atoms with Crippen LogP contribution in [-0.2, 0) is 9.47 Å². The van der Waals surface area contributed by atoms with Crippen molar-refractivity contribution < 1.29 is 22.6 Å². The largest absolute Gasteiger partial charge is 0.414 e. The maximum Gasteiger partial charge on any atom is 0.414 e. The Morgan fingerprint density at radius 1 is 1.28 bits per heavy atom. The summed E-state index contributed by atoms with van der Waals surface area (Å²) < 4.78 is 48.7. The molecule has 0 amide bonds. The smallest absolute Gasteiger partial charge is 0.353 e. The Labute approximate surface area is 109 Å². The molecular formula is C11H16F3NO2S. The highest BCUT2D eigenvalue weighted by atomic mass is 32.2. The van der Waals surface area contributed by atoms with E-state index in [9.17, 15) is 13.2 Å². The molecule has 18 heavy (non-hydrogen) atoms. The Balaban J connectivity index is 5.12. The SMILES string of the molecule is CCOC(C/C(=C(/C#N)SC)C(F)(F)F)OCC. The van der Waals surface area contributed by atoms with Crippen molar-refractivity contribution in [3.63, 3.8) is 0 Å². The zero-order chi connectivity index (χ0) is 14.2. The van der Waals surface area contributed by atoms with E-state index in [1.807, 2.05) is 0 Å². The Morgan fingerprint density at radius 2 is 1.78 bits per heavy atom. The fourth-order valence-corrected chi connectivity index (χ4v) is 1.81. The van der Waals surface area contributed by atoms with Crippen LogP contribution in [0.15, 0.2) is 10.5 Å². The van der Waals surface area contributed by atoms with E-state index in [0.717, 1.165) is 11.8 Å². The lowest BCUT2D eigenvalue weighted by Gasteiger charge is -2.20. The standard InChI is InChI=1S/C11H16F3NO2S/c1-4-16-10(17-5-2)6-8(11(12,13)14)9(7-15)18-3/h10H,4-6H2,1-3H3/b9-8+. The molecule has 0 rings (SSSR count). The summed E-state index contributed by atoms with van der Waals surface area (Å²) in [7, 11) is 0. The highest BCUT2D eigenvalue weighted by Gasteiger charge is 2.38. The molecule has 0 bridgehead atoms. The first-order valence-electron chi connectivity index (χ1n) is 5.38. The van der Waals surface area contributed by atoms with Gasteiger partial charge in [0.05, 0.1) is 10.5 Å². The van der Waals surface area contributed by atoms with E-state index in [0.29, 0.717) is 0 Å². The summed E-state index contributed by atoms with van der Waals surface area (Å²) in [5.74, 6) is 0. The second-order valence-electron chi connectivity index (χ2n) is 3.17. The third-order valence-electron chi connectivity index (χ3n) is 2.00. The Bertz CT molecular complexity index is 317. The summed E-state index contributed by atoms with van der Waals surface area (Å²) in [4.78, 5) is -0.355. The predicted molar refractivity (Wildman–Crippen MR) is 63.9 cm³/mol. The van der Waals surface area contributed by atoms with Crippen LogP contribution in [0.25, 0.3) is 0 Å². The van der Waals surface area contributed by atoms with Crippen molar-refractivity contribution in [1.82, 2.24) is 0 Å². The van der Waals surface area contributed by atoms with Crippen molar-refractivity contribution >= 4 is 11.8 Å². The zero-order valence-electron chi connectivity index (χ0n) is 10.5. The number of nitriles is 1. The first-order valence-corrected chi connectivity index (χ1v) is 6.60. The van der Waals surface area contributed by atoms with Crippen molar-refractivity contribution in [1.29, 1.82) is 5.26 Å². The molecule has 0 aliphatic heterocycles. The topological polar surface area (TPSA) is 42.2 Å². The van der Waals surface area contributed by atoms with E-state index >= 15 is 0 Å². The number of hydrogen-bond donors (Lipinski definition) is 0. The van der Waals surface area contributed by atoms with Crippen LogP contribution < -0.4 is 0 Å². The molecule has 0 aliphatic rings. The molecule has 0 spiro atoms. The van der Waals surface area contributed by atoms with Crippen LogP contribution in [-0.4, -0.2) is 31.9 Å². The van der Waals surface area contributed by atoms with E-state index < -0.39 is 24.5 Å². The number of ether oxygens (including phenoxy) is 2. The first-order chi connectivity index (χ1) is 8.40. The molecule has 0 N–H and O–H groups in total.